The van der Waals surface area contributed by atoms with Crippen LogP contribution in [0, 0.1) is 13.8 Å². The van der Waals surface area contributed by atoms with E-state index in [1.807, 2.05) is 24.3 Å². The van der Waals surface area contributed by atoms with E-state index in [0.717, 1.165) is 52.5 Å². The molecule has 4 aromatic rings. The molecule has 0 bridgehead atoms. The number of carbonyl (C=O) groups excluding carboxylic acids is 1. The van der Waals surface area contributed by atoms with Crippen LogP contribution >= 0.6 is 11.3 Å². The van der Waals surface area contributed by atoms with Crippen molar-refractivity contribution in [1.29, 1.82) is 0 Å². The first-order valence-corrected chi connectivity index (χ1v) is 12.6. The number of aromatic nitrogens is 2. The van der Waals surface area contributed by atoms with Crippen LogP contribution in [0.25, 0.3) is 21.3 Å². The van der Waals surface area contributed by atoms with E-state index in [1.54, 1.807) is 17.7 Å². The van der Waals surface area contributed by atoms with Gasteiger partial charge in [-0.2, -0.15) is 0 Å². The Kier molecular flexibility index (Phi) is 7.55. The number of carbonyl (C=O) groups is 1. The van der Waals surface area contributed by atoms with Crippen molar-refractivity contribution in [2.75, 3.05) is 31.5 Å². The van der Waals surface area contributed by atoms with Crippen molar-refractivity contribution in [3.8, 4) is 11.1 Å². The molecule has 0 saturated carbocycles. The van der Waals surface area contributed by atoms with Gasteiger partial charge in [-0.1, -0.05) is 32.0 Å². The molecular formula is C27H31N5OS. The average molecular weight is 474 g/mol. The second-order valence-electron chi connectivity index (χ2n) is 8.34. The number of amides is 1. The Morgan fingerprint density at radius 2 is 1.76 bits per heavy atom. The fourth-order valence-corrected chi connectivity index (χ4v) is 4.82. The summed E-state index contributed by atoms with van der Waals surface area (Å²) in [5, 5.41) is 9.58. The zero-order valence-electron chi connectivity index (χ0n) is 20.2. The Morgan fingerprint density at radius 1 is 1.00 bits per heavy atom. The molecule has 0 aliphatic carbocycles. The van der Waals surface area contributed by atoms with E-state index in [-0.39, 0.29) is 5.91 Å². The minimum absolute atomic E-state index is 0.0574. The molecule has 1 amide bonds. The van der Waals surface area contributed by atoms with Gasteiger partial charge in [0.1, 0.15) is 17.0 Å². The summed E-state index contributed by atoms with van der Waals surface area (Å²) in [5.41, 5.74) is 6.32. The number of likely N-dealkylation sites (N-methyl/N-ethyl adjacent to an activating group) is 1. The van der Waals surface area contributed by atoms with Gasteiger partial charge in [-0.3, -0.25) is 4.79 Å². The molecule has 0 atom stereocenters. The van der Waals surface area contributed by atoms with Crippen molar-refractivity contribution in [3.05, 3.63) is 70.9 Å². The van der Waals surface area contributed by atoms with Gasteiger partial charge in [0.2, 0.25) is 0 Å². The number of hydrogen-bond donors (Lipinski definition) is 2. The molecule has 0 aliphatic heterocycles. The van der Waals surface area contributed by atoms with Gasteiger partial charge in [0.05, 0.1) is 5.39 Å². The molecule has 0 radical (unpaired) electrons. The molecule has 2 aromatic carbocycles. The zero-order chi connectivity index (χ0) is 24.1. The standard InChI is InChI=1S/C27H31N5OS/c1-5-32(6-2)14-13-28-26(33)20-9-11-22(12-10-20)31-25-24-23(16-34-27(24)30-17-29-25)21-8-7-18(3)19(4)15-21/h7-12,15-17H,5-6,13-14H2,1-4H3,(H,28,33)(H,29,30,31). The van der Waals surface area contributed by atoms with E-state index < -0.39 is 0 Å². The molecule has 2 N–H and O–H groups in total. The molecule has 2 heterocycles. The van der Waals surface area contributed by atoms with E-state index in [0.29, 0.717) is 12.1 Å². The summed E-state index contributed by atoms with van der Waals surface area (Å²) in [4.78, 5) is 24.7. The molecule has 0 aliphatic rings. The molecule has 7 heteroatoms. The molecule has 2 aromatic heterocycles. The molecule has 0 saturated heterocycles. The highest BCUT2D eigenvalue weighted by molar-refractivity contribution is 7.17. The first kappa shape index (κ1) is 23.9. The Morgan fingerprint density at radius 3 is 2.47 bits per heavy atom. The van der Waals surface area contributed by atoms with Gasteiger partial charge < -0.3 is 15.5 Å². The maximum Gasteiger partial charge on any atom is 0.251 e. The molecule has 176 valence electrons. The van der Waals surface area contributed by atoms with Crippen molar-refractivity contribution in [3.63, 3.8) is 0 Å². The lowest BCUT2D eigenvalue weighted by molar-refractivity contribution is 0.0949. The third-order valence-corrected chi connectivity index (χ3v) is 7.09. The fourth-order valence-electron chi connectivity index (χ4n) is 3.90. The predicted molar refractivity (Wildman–Crippen MR) is 142 cm³/mol. The fraction of sp³-hybridized carbons (Fsp3) is 0.296. The molecule has 0 fully saturated rings. The topological polar surface area (TPSA) is 70.2 Å². The van der Waals surface area contributed by atoms with Gasteiger partial charge in [0.25, 0.3) is 5.91 Å². The highest BCUT2D eigenvalue weighted by atomic mass is 32.1. The van der Waals surface area contributed by atoms with Crippen molar-refractivity contribution in [2.24, 2.45) is 0 Å². The molecule has 0 spiro atoms. The normalized spacial score (nSPS) is 11.2. The highest BCUT2D eigenvalue weighted by Crippen LogP contribution is 2.37. The minimum Gasteiger partial charge on any atom is -0.351 e. The summed E-state index contributed by atoms with van der Waals surface area (Å²) in [6.07, 6.45) is 1.59. The number of fused-ring (bicyclic) bond motifs is 1. The van der Waals surface area contributed by atoms with Crippen LogP contribution in [0.3, 0.4) is 0 Å². The summed E-state index contributed by atoms with van der Waals surface area (Å²) in [5.74, 6) is 0.703. The van der Waals surface area contributed by atoms with Crippen molar-refractivity contribution < 1.29 is 4.79 Å². The smallest absolute Gasteiger partial charge is 0.251 e. The van der Waals surface area contributed by atoms with Crippen LogP contribution in [0.4, 0.5) is 11.5 Å². The number of anilines is 2. The monoisotopic (exact) mass is 473 g/mol. The quantitative estimate of drug-likeness (QED) is 0.322. The van der Waals surface area contributed by atoms with Crippen LogP contribution in [0.2, 0.25) is 0 Å². The van der Waals surface area contributed by atoms with Crippen molar-refractivity contribution >= 4 is 39.0 Å². The zero-order valence-corrected chi connectivity index (χ0v) is 21.0. The van der Waals surface area contributed by atoms with Crippen molar-refractivity contribution in [2.45, 2.75) is 27.7 Å². The van der Waals surface area contributed by atoms with E-state index in [4.69, 9.17) is 0 Å². The van der Waals surface area contributed by atoms with Crippen LogP contribution in [0.5, 0.6) is 0 Å². The molecule has 6 nitrogen and oxygen atoms in total. The number of nitrogens with one attached hydrogen (secondary N) is 2. The summed E-state index contributed by atoms with van der Waals surface area (Å²) in [6.45, 7) is 12.0. The van der Waals surface area contributed by atoms with Gasteiger partial charge in [0, 0.05) is 35.3 Å². The van der Waals surface area contributed by atoms with Gasteiger partial charge >= 0.3 is 0 Å². The highest BCUT2D eigenvalue weighted by Gasteiger charge is 2.14. The van der Waals surface area contributed by atoms with Crippen molar-refractivity contribution in [1.82, 2.24) is 20.2 Å². The number of thiophene rings is 1. The molecular weight excluding hydrogens is 442 g/mol. The number of aryl methyl sites for hydroxylation is 2. The summed E-state index contributed by atoms with van der Waals surface area (Å²) in [7, 11) is 0. The van der Waals surface area contributed by atoms with Crippen LogP contribution < -0.4 is 10.6 Å². The van der Waals surface area contributed by atoms with E-state index >= 15 is 0 Å². The average Bonchev–Trinajstić information content (AvgIpc) is 3.29. The maximum absolute atomic E-state index is 12.5. The Hall–Kier alpha value is -3.29. The number of benzene rings is 2. The maximum atomic E-state index is 12.5. The van der Waals surface area contributed by atoms with E-state index in [2.05, 4.69) is 76.8 Å². The second-order valence-corrected chi connectivity index (χ2v) is 9.19. The van der Waals surface area contributed by atoms with Gasteiger partial charge in [-0.05, 0) is 67.9 Å². The summed E-state index contributed by atoms with van der Waals surface area (Å²) < 4.78 is 0. The first-order valence-electron chi connectivity index (χ1n) is 11.7. The first-order chi connectivity index (χ1) is 16.5. The largest absolute Gasteiger partial charge is 0.351 e. The van der Waals surface area contributed by atoms with Crippen LogP contribution in [-0.4, -0.2) is 47.0 Å². The predicted octanol–water partition coefficient (Wildman–Crippen LogP) is 5.79. The minimum atomic E-state index is -0.0574. The van der Waals surface area contributed by atoms with Gasteiger partial charge in [-0.25, -0.2) is 9.97 Å². The Bertz CT molecular complexity index is 1280. The molecule has 34 heavy (non-hydrogen) atoms. The lowest BCUT2D eigenvalue weighted by Gasteiger charge is -2.18. The van der Waals surface area contributed by atoms with Gasteiger partial charge in [0.15, 0.2) is 0 Å². The van der Waals surface area contributed by atoms with Gasteiger partial charge in [-0.15, -0.1) is 11.3 Å². The second kappa shape index (κ2) is 10.8. The van der Waals surface area contributed by atoms with Crippen LogP contribution in [0.1, 0.15) is 35.3 Å². The third-order valence-electron chi connectivity index (χ3n) is 6.21. The van der Waals surface area contributed by atoms with E-state index in [1.165, 1.54) is 11.1 Å². The van der Waals surface area contributed by atoms with Crippen LogP contribution in [-0.2, 0) is 0 Å². The lowest BCUT2D eigenvalue weighted by Crippen LogP contribution is -2.34. The summed E-state index contributed by atoms with van der Waals surface area (Å²) >= 11 is 1.62. The number of nitrogens with zero attached hydrogens (tertiary/aromatic N) is 3. The number of hydrogen-bond acceptors (Lipinski definition) is 6. The molecule has 0 unspecified atom stereocenters. The van der Waals surface area contributed by atoms with Crippen LogP contribution in [0.15, 0.2) is 54.2 Å². The SMILES string of the molecule is CCN(CC)CCNC(=O)c1ccc(Nc2ncnc3scc(-c4ccc(C)c(C)c4)c23)cc1. The third kappa shape index (κ3) is 5.26. The molecule has 4 rings (SSSR count). The Balaban J connectivity index is 1.51. The Labute approximate surface area is 205 Å². The lowest BCUT2D eigenvalue weighted by atomic mass is 10.0. The summed E-state index contributed by atoms with van der Waals surface area (Å²) in [6, 6.07) is 14.0. The van der Waals surface area contributed by atoms with E-state index in [9.17, 15) is 4.79 Å². The number of rotatable bonds is 9.